The van der Waals surface area contributed by atoms with Gasteiger partial charge in [-0.1, -0.05) is 48.5 Å². The second kappa shape index (κ2) is 21.8. The molecule has 1 aliphatic rings. The highest BCUT2D eigenvalue weighted by Gasteiger charge is 2.45. The molecular weight excluding hydrogens is 858 g/mol. The van der Waals surface area contributed by atoms with Gasteiger partial charge in [0.25, 0.3) is 14.1 Å². The molecule has 1 aliphatic heterocycles. The van der Waals surface area contributed by atoms with Crippen LogP contribution in [0.3, 0.4) is 0 Å². The summed E-state index contributed by atoms with van der Waals surface area (Å²) in [5.74, 6) is -0.239. The molecule has 6 rings (SSSR count). The largest absolute Gasteiger partial charge is 0.497 e. The zero-order valence-corrected chi connectivity index (χ0v) is 38.4. The van der Waals surface area contributed by atoms with Gasteiger partial charge in [-0.3, -0.25) is 14.3 Å². The van der Waals surface area contributed by atoms with E-state index in [1.54, 1.807) is 21.1 Å². The highest BCUT2D eigenvalue weighted by Crippen LogP contribution is 2.51. The molecule has 1 saturated heterocycles. The Morgan fingerprint density at radius 3 is 1.98 bits per heavy atom. The van der Waals surface area contributed by atoms with Crippen LogP contribution < -0.4 is 25.6 Å². The number of aromatic nitrogens is 3. The molecule has 2 aromatic heterocycles. The van der Waals surface area contributed by atoms with Crippen LogP contribution in [0.15, 0.2) is 101 Å². The van der Waals surface area contributed by atoms with E-state index in [4.69, 9.17) is 32.8 Å². The highest BCUT2D eigenvalue weighted by atomic mass is 31.2. The van der Waals surface area contributed by atoms with E-state index in [2.05, 4.69) is 15.7 Å². The van der Waals surface area contributed by atoms with Crippen molar-refractivity contribution in [3.05, 3.63) is 140 Å². The third kappa shape index (κ3) is 11.3. The van der Waals surface area contributed by atoms with Crippen molar-refractivity contribution in [2.75, 3.05) is 27.4 Å². The number of nitrogens with zero attached hydrogens (tertiary/aromatic N) is 4. The molecule has 17 nitrogen and oxygen atoms in total. The van der Waals surface area contributed by atoms with Crippen LogP contribution in [-0.4, -0.2) is 86.9 Å². The molecule has 0 radical (unpaired) electrons. The standard InChI is InChI=1S/C47H56N5O12P/c1-30(2)52(31(3)4)65(61-26-8-25-48)64-39-27-43(50-28-32(5)45(56)49-46(50)57)62-40(39)29-60-47(35-14-18-37(58-6)19-15-35,36-16-20-38(59-7)21-17-36)34-12-9-33(10-13-34)11-24-44(55)63-51-41(53)22-23-42(51)54/h9-10,12-23,28,30-31,39-40,43,53-54H,8,11,24,26-27,29H2,1-7H3,(H,49,56,57)/t39-,40-,43-,65?/m1/s1. The average molecular weight is 914 g/mol. The molecule has 65 heavy (non-hydrogen) atoms. The molecule has 18 heteroatoms. The number of nitriles is 1. The van der Waals surface area contributed by atoms with Crippen LogP contribution >= 0.6 is 8.53 Å². The summed E-state index contributed by atoms with van der Waals surface area (Å²) in [6, 6.07) is 27.2. The summed E-state index contributed by atoms with van der Waals surface area (Å²) in [6.07, 6.45) is -0.297. The lowest BCUT2D eigenvalue weighted by Crippen LogP contribution is -2.39. The van der Waals surface area contributed by atoms with E-state index < -0.39 is 61.5 Å². The van der Waals surface area contributed by atoms with E-state index >= 15 is 0 Å². The summed E-state index contributed by atoms with van der Waals surface area (Å²) in [7, 11) is 1.42. The molecule has 0 saturated carbocycles. The van der Waals surface area contributed by atoms with Crippen molar-refractivity contribution in [1.29, 1.82) is 5.26 Å². The fourth-order valence-electron chi connectivity index (χ4n) is 7.75. The Kier molecular flexibility index (Phi) is 16.3. The van der Waals surface area contributed by atoms with Crippen molar-refractivity contribution in [3.63, 3.8) is 0 Å². The van der Waals surface area contributed by atoms with Crippen LogP contribution in [0.4, 0.5) is 0 Å². The maximum atomic E-state index is 13.3. The Morgan fingerprint density at radius 2 is 1.46 bits per heavy atom. The second-order valence-electron chi connectivity index (χ2n) is 16.0. The van der Waals surface area contributed by atoms with Crippen molar-refractivity contribution < 1.29 is 47.8 Å². The second-order valence-corrected chi connectivity index (χ2v) is 17.4. The zero-order chi connectivity index (χ0) is 46.8. The van der Waals surface area contributed by atoms with Gasteiger partial charge in [-0.15, -0.1) is 4.73 Å². The van der Waals surface area contributed by atoms with E-state index in [-0.39, 0.29) is 51.0 Å². The summed E-state index contributed by atoms with van der Waals surface area (Å²) in [6.45, 7) is 9.84. The van der Waals surface area contributed by atoms with Gasteiger partial charge >= 0.3 is 11.7 Å². The van der Waals surface area contributed by atoms with Crippen LogP contribution in [0, 0.1) is 18.3 Å². The minimum absolute atomic E-state index is 0.00747. The average Bonchev–Trinajstić information content (AvgIpc) is 3.84. The summed E-state index contributed by atoms with van der Waals surface area (Å²) in [4.78, 5) is 46.0. The molecule has 5 aromatic rings. The summed E-state index contributed by atoms with van der Waals surface area (Å²) in [5.41, 5.74) is 0.855. The van der Waals surface area contributed by atoms with Crippen LogP contribution in [0.25, 0.3) is 0 Å². The third-order valence-corrected chi connectivity index (χ3v) is 13.1. The lowest BCUT2D eigenvalue weighted by molar-refractivity contribution is -0.145. The van der Waals surface area contributed by atoms with Gasteiger partial charge in [0.2, 0.25) is 11.8 Å². The van der Waals surface area contributed by atoms with Crippen molar-refractivity contribution in [2.24, 2.45) is 0 Å². The lowest BCUT2D eigenvalue weighted by Gasteiger charge is -2.39. The number of H-pyrrole nitrogens is 1. The molecule has 3 N–H and O–H groups in total. The van der Waals surface area contributed by atoms with Gasteiger partial charge in [0.05, 0.1) is 52.4 Å². The number of carbonyl (C=O) groups excluding carboxylic acids is 1. The van der Waals surface area contributed by atoms with Crippen LogP contribution in [-0.2, 0) is 35.3 Å². The first-order chi connectivity index (χ1) is 31.2. The van der Waals surface area contributed by atoms with Gasteiger partial charge in [0, 0.05) is 42.4 Å². The Morgan fingerprint density at radius 1 is 0.908 bits per heavy atom. The maximum absolute atomic E-state index is 13.3. The quantitative estimate of drug-likeness (QED) is 0.0402. The number of methoxy groups -OCH3 is 2. The molecule has 346 valence electrons. The number of aromatic amines is 1. The van der Waals surface area contributed by atoms with Crippen LogP contribution in [0.5, 0.6) is 23.3 Å². The summed E-state index contributed by atoms with van der Waals surface area (Å²) in [5, 5.41) is 29.2. The predicted molar refractivity (Wildman–Crippen MR) is 241 cm³/mol. The normalized spacial score (nSPS) is 16.8. The van der Waals surface area contributed by atoms with Gasteiger partial charge < -0.3 is 43.0 Å². The van der Waals surface area contributed by atoms with Crippen molar-refractivity contribution in [3.8, 4) is 29.3 Å². The van der Waals surface area contributed by atoms with Gasteiger partial charge in [0.15, 0.2) is 0 Å². The fourth-order valence-corrected chi connectivity index (χ4v) is 9.50. The number of aryl methyl sites for hydroxylation is 2. The van der Waals surface area contributed by atoms with Crippen molar-refractivity contribution >= 4 is 14.5 Å². The van der Waals surface area contributed by atoms with E-state index in [1.807, 2.05) is 100 Å². The third-order valence-electron chi connectivity index (χ3n) is 11.0. The first kappa shape index (κ1) is 48.5. The SMILES string of the molecule is COc1ccc(C(OC[C@H]2O[C@@H](n3cc(C)c(=O)[nH]c3=O)C[C@H]2OP(OCCC#N)N(C(C)C)C(C)C)(c2ccc(CCC(=O)On3c(O)ccc3O)cc2)c2ccc(OC)cc2)cc1. The molecule has 3 aromatic carbocycles. The summed E-state index contributed by atoms with van der Waals surface area (Å²) >= 11 is 0. The minimum Gasteiger partial charge on any atom is -0.497 e. The molecular formula is C47H56N5O12P. The molecule has 0 amide bonds. The Balaban J connectivity index is 1.41. The number of aromatic hydroxyl groups is 2. The first-order valence-corrected chi connectivity index (χ1v) is 22.4. The van der Waals surface area contributed by atoms with Gasteiger partial charge in [-0.2, -0.15) is 5.26 Å². The number of carbonyl (C=O) groups is 1. The summed E-state index contributed by atoms with van der Waals surface area (Å²) < 4.78 is 42.5. The molecule has 0 bridgehead atoms. The van der Waals surface area contributed by atoms with Crippen molar-refractivity contribution in [2.45, 2.75) is 96.4 Å². The molecule has 0 aliphatic carbocycles. The number of hydrogen-bond acceptors (Lipinski definition) is 14. The number of benzene rings is 3. The van der Waals surface area contributed by atoms with E-state index in [0.29, 0.717) is 27.4 Å². The Bertz CT molecular complexity index is 2440. The van der Waals surface area contributed by atoms with E-state index in [0.717, 1.165) is 16.7 Å². The Hall–Kier alpha value is -5.99. The van der Waals surface area contributed by atoms with Crippen LogP contribution in [0.1, 0.15) is 81.0 Å². The number of ether oxygens (including phenoxy) is 4. The van der Waals surface area contributed by atoms with Gasteiger partial charge in [0.1, 0.15) is 29.4 Å². The number of nitrogens with one attached hydrogen (secondary N) is 1. The molecule has 1 unspecified atom stereocenters. The first-order valence-electron chi connectivity index (χ1n) is 21.2. The topological polar surface area (TPSA) is 209 Å². The van der Waals surface area contributed by atoms with Crippen LogP contribution in [0.2, 0.25) is 0 Å². The minimum atomic E-state index is -1.75. The van der Waals surface area contributed by atoms with Gasteiger partial charge in [-0.25, -0.2) is 14.3 Å². The van der Waals surface area contributed by atoms with E-state index in [1.165, 1.54) is 22.9 Å². The Labute approximate surface area is 378 Å². The predicted octanol–water partition coefficient (Wildman–Crippen LogP) is 6.62. The smallest absolute Gasteiger partial charge is 0.333 e. The van der Waals surface area contributed by atoms with E-state index in [9.17, 15) is 29.9 Å². The van der Waals surface area contributed by atoms with Crippen molar-refractivity contribution in [1.82, 2.24) is 19.0 Å². The lowest BCUT2D eigenvalue weighted by atomic mass is 9.79. The molecule has 1 fully saturated rings. The number of hydrogen-bond donors (Lipinski definition) is 3. The molecule has 4 atom stereocenters. The molecule has 0 spiro atoms. The van der Waals surface area contributed by atoms with Gasteiger partial charge in [-0.05, 0) is 87.6 Å². The molecule has 3 heterocycles. The fraction of sp³-hybridized carbons (Fsp3) is 0.404. The zero-order valence-electron chi connectivity index (χ0n) is 37.5. The number of rotatable bonds is 21. The highest BCUT2D eigenvalue weighted by molar-refractivity contribution is 7.44. The maximum Gasteiger partial charge on any atom is 0.333 e. The monoisotopic (exact) mass is 913 g/mol.